The first kappa shape index (κ1) is 18.1. The number of nitrogens with one attached hydrogen (secondary N) is 1. The summed E-state index contributed by atoms with van der Waals surface area (Å²) in [5, 5.41) is 4.04. The van der Waals surface area contributed by atoms with E-state index < -0.39 is 5.60 Å². The van der Waals surface area contributed by atoms with Crippen LogP contribution in [0.15, 0.2) is 28.8 Å². The van der Waals surface area contributed by atoms with Gasteiger partial charge in [-0.1, -0.05) is 5.16 Å². The minimum Gasteiger partial charge on any atom is -0.493 e. The Balaban J connectivity index is 1.65. The minimum atomic E-state index is -0.795. The van der Waals surface area contributed by atoms with Gasteiger partial charge in [0.15, 0.2) is 22.9 Å². The van der Waals surface area contributed by atoms with E-state index in [1.165, 1.54) is 12.8 Å². The number of nitrogens with zero attached hydrogens (tertiary/aromatic N) is 2. The van der Waals surface area contributed by atoms with E-state index in [-0.39, 0.29) is 6.10 Å². The average Bonchev–Trinajstić information content (AvgIpc) is 3.38. The van der Waals surface area contributed by atoms with E-state index in [0.29, 0.717) is 10.7 Å². The van der Waals surface area contributed by atoms with E-state index in [1.807, 2.05) is 31.2 Å². The molecule has 2 aromatic rings. The zero-order valence-corrected chi connectivity index (χ0v) is 16.5. The van der Waals surface area contributed by atoms with Crippen LogP contribution in [0.1, 0.15) is 44.0 Å². The lowest BCUT2D eigenvalue weighted by molar-refractivity contribution is -0.0338. The van der Waals surface area contributed by atoms with Gasteiger partial charge in [0.25, 0.3) is 4.84 Å². The highest BCUT2D eigenvalue weighted by Crippen LogP contribution is 2.37. The Labute approximate surface area is 162 Å². The maximum absolute atomic E-state index is 6.19. The molecule has 1 aromatic heterocycles. The zero-order valence-electron chi connectivity index (χ0n) is 15.7. The molecule has 0 radical (unpaired) electrons. The SMILES string of the molecule is COc1ccc(C2=CC(C)(c3noc(=S)n3C)ON2)cc1OC1CCCC1. The zero-order chi connectivity index (χ0) is 19.0. The molecule has 1 saturated carbocycles. The van der Waals surface area contributed by atoms with E-state index in [1.54, 1.807) is 18.7 Å². The summed E-state index contributed by atoms with van der Waals surface area (Å²) in [6.45, 7) is 1.90. The third kappa shape index (κ3) is 3.35. The molecule has 0 bridgehead atoms. The van der Waals surface area contributed by atoms with E-state index in [2.05, 4.69) is 10.6 Å². The lowest BCUT2D eigenvalue weighted by atomic mass is 10.0. The molecule has 8 heteroatoms. The molecular weight excluding hydrogens is 366 g/mol. The normalized spacial score (nSPS) is 22.6. The number of hydroxylamine groups is 1. The van der Waals surface area contributed by atoms with Crippen molar-refractivity contribution in [1.82, 2.24) is 15.2 Å². The summed E-state index contributed by atoms with van der Waals surface area (Å²) in [5.41, 5.74) is 3.96. The fourth-order valence-corrected chi connectivity index (χ4v) is 3.71. The molecule has 2 aliphatic rings. The lowest BCUT2D eigenvalue weighted by Gasteiger charge is -2.17. The monoisotopic (exact) mass is 389 g/mol. The van der Waals surface area contributed by atoms with Crippen molar-refractivity contribution in [2.45, 2.75) is 44.3 Å². The van der Waals surface area contributed by atoms with Gasteiger partial charge in [0.1, 0.15) is 0 Å². The van der Waals surface area contributed by atoms with Crippen molar-refractivity contribution in [1.29, 1.82) is 0 Å². The Bertz CT molecular complexity index is 929. The molecule has 0 saturated heterocycles. The number of methoxy groups -OCH3 is 1. The summed E-state index contributed by atoms with van der Waals surface area (Å²) in [6, 6.07) is 5.86. The van der Waals surface area contributed by atoms with Crippen LogP contribution in [0, 0.1) is 4.84 Å². The van der Waals surface area contributed by atoms with Crippen LogP contribution in [-0.2, 0) is 17.5 Å². The molecule has 1 aromatic carbocycles. The smallest absolute Gasteiger partial charge is 0.297 e. The summed E-state index contributed by atoms with van der Waals surface area (Å²) in [5.74, 6) is 2.07. The Morgan fingerprint density at radius 2 is 2.07 bits per heavy atom. The molecular formula is C19H23N3O4S. The molecule has 1 fully saturated rings. The minimum absolute atomic E-state index is 0.251. The van der Waals surface area contributed by atoms with Gasteiger partial charge in [0.2, 0.25) is 0 Å². The van der Waals surface area contributed by atoms with Gasteiger partial charge in [0.05, 0.1) is 18.9 Å². The fourth-order valence-electron chi connectivity index (χ4n) is 3.58. The molecule has 1 unspecified atom stereocenters. The molecule has 1 atom stereocenters. The number of ether oxygens (including phenoxy) is 2. The quantitative estimate of drug-likeness (QED) is 0.779. The van der Waals surface area contributed by atoms with Gasteiger partial charge in [-0.15, -0.1) is 0 Å². The average molecular weight is 389 g/mol. The molecule has 0 amide bonds. The van der Waals surface area contributed by atoms with Gasteiger partial charge in [0, 0.05) is 12.6 Å². The standard InChI is InChI=1S/C19H23N3O4S/c1-19(17-21-25-18(27)22(17)2)11-14(20-26-19)12-8-9-15(23-3)16(10-12)24-13-6-4-5-7-13/h8-11,13,20H,4-7H2,1-3H3. The van der Waals surface area contributed by atoms with Crippen LogP contribution in [0.5, 0.6) is 11.5 Å². The number of hydrogen-bond donors (Lipinski definition) is 1. The summed E-state index contributed by atoms with van der Waals surface area (Å²) in [4.78, 5) is 6.11. The number of aromatic nitrogens is 2. The Kier molecular flexibility index (Phi) is 4.69. The molecule has 27 heavy (non-hydrogen) atoms. The second kappa shape index (κ2) is 7.01. The van der Waals surface area contributed by atoms with Gasteiger partial charge >= 0.3 is 0 Å². The molecule has 4 rings (SSSR count). The maximum Gasteiger partial charge on any atom is 0.297 e. The van der Waals surface area contributed by atoms with Gasteiger partial charge < -0.3 is 14.0 Å². The van der Waals surface area contributed by atoms with Gasteiger partial charge in [-0.3, -0.25) is 14.9 Å². The summed E-state index contributed by atoms with van der Waals surface area (Å²) >= 11 is 5.10. The first-order chi connectivity index (χ1) is 13.0. The van der Waals surface area contributed by atoms with E-state index >= 15 is 0 Å². The molecule has 144 valence electrons. The number of benzene rings is 1. The summed E-state index contributed by atoms with van der Waals surface area (Å²) in [6.07, 6.45) is 6.81. The molecule has 1 aliphatic heterocycles. The lowest BCUT2D eigenvalue weighted by Crippen LogP contribution is -2.26. The Morgan fingerprint density at radius 3 is 2.74 bits per heavy atom. The highest BCUT2D eigenvalue weighted by atomic mass is 32.1. The highest BCUT2D eigenvalue weighted by Gasteiger charge is 2.37. The first-order valence-electron chi connectivity index (χ1n) is 9.05. The van der Waals surface area contributed by atoms with Crippen molar-refractivity contribution in [3.05, 3.63) is 40.5 Å². The maximum atomic E-state index is 6.19. The summed E-state index contributed by atoms with van der Waals surface area (Å²) in [7, 11) is 3.45. The van der Waals surface area contributed by atoms with Crippen molar-refractivity contribution in [2.75, 3.05) is 7.11 Å². The second-order valence-electron chi connectivity index (χ2n) is 7.09. The van der Waals surface area contributed by atoms with Crippen LogP contribution >= 0.6 is 12.2 Å². The summed E-state index contributed by atoms with van der Waals surface area (Å²) < 4.78 is 18.4. The molecule has 1 aliphatic carbocycles. The van der Waals surface area contributed by atoms with Crippen molar-refractivity contribution in [2.24, 2.45) is 7.05 Å². The van der Waals surface area contributed by atoms with Crippen LogP contribution in [0.2, 0.25) is 0 Å². The van der Waals surface area contributed by atoms with Gasteiger partial charge in [-0.05, 0) is 69.1 Å². The predicted octanol–water partition coefficient (Wildman–Crippen LogP) is 3.86. The van der Waals surface area contributed by atoms with Crippen molar-refractivity contribution in [3.8, 4) is 11.5 Å². The van der Waals surface area contributed by atoms with Crippen LogP contribution in [0.3, 0.4) is 0 Å². The van der Waals surface area contributed by atoms with E-state index in [0.717, 1.165) is 35.6 Å². The topological polar surface area (TPSA) is 70.7 Å². The van der Waals surface area contributed by atoms with Gasteiger partial charge in [-0.2, -0.15) is 0 Å². The highest BCUT2D eigenvalue weighted by molar-refractivity contribution is 7.71. The van der Waals surface area contributed by atoms with Crippen molar-refractivity contribution >= 4 is 17.9 Å². The molecule has 7 nitrogen and oxygen atoms in total. The van der Waals surface area contributed by atoms with Crippen LogP contribution in [-0.4, -0.2) is 22.9 Å². The Hall–Kier alpha value is -2.32. The number of rotatable bonds is 5. The van der Waals surface area contributed by atoms with Crippen molar-refractivity contribution < 1.29 is 18.8 Å². The Morgan fingerprint density at radius 1 is 1.30 bits per heavy atom. The van der Waals surface area contributed by atoms with Crippen LogP contribution < -0.4 is 15.0 Å². The van der Waals surface area contributed by atoms with E-state index in [9.17, 15) is 0 Å². The molecule has 0 spiro atoms. The largest absolute Gasteiger partial charge is 0.493 e. The predicted molar refractivity (Wildman–Crippen MR) is 102 cm³/mol. The van der Waals surface area contributed by atoms with Gasteiger partial charge in [-0.25, -0.2) is 0 Å². The van der Waals surface area contributed by atoms with Crippen LogP contribution in [0.4, 0.5) is 0 Å². The third-order valence-corrected chi connectivity index (χ3v) is 5.46. The van der Waals surface area contributed by atoms with Crippen molar-refractivity contribution in [3.63, 3.8) is 0 Å². The number of hydrogen-bond acceptors (Lipinski definition) is 7. The molecule has 1 N–H and O–H groups in total. The second-order valence-corrected chi connectivity index (χ2v) is 7.44. The van der Waals surface area contributed by atoms with Crippen LogP contribution in [0.25, 0.3) is 5.70 Å². The fraction of sp³-hybridized carbons (Fsp3) is 0.474. The van der Waals surface area contributed by atoms with E-state index in [4.69, 9.17) is 31.1 Å². The molecule has 2 heterocycles. The first-order valence-corrected chi connectivity index (χ1v) is 9.46. The third-order valence-electron chi connectivity index (χ3n) is 5.11.